The molecular weight excluding hydrogens is 393 g/mol. The number of rotatable bonds is 6. The number of nitriles is 1. The molecular formula is C17H18FN3O6S. The summed E-state index contributed by atoms with van der Waals surface area (Å²) in [6.07, 6.45) is 0. The van der Waals surface area contributed by atoms with Crippen molar-refractivity contribution in [1.82, 2.24) is 4.31 Å². The molecule has 1 aromatic rings. The van der Waals surface area contributed by atoms with Gasteiger partial charge in [0.05, 0.1) is 18.8 Å². The molecule has 0 amide bonds. The molecule has 1 fully saturated rings. The lowest BCUT2D eigenvalue weighted by Gasteiger charge is -2.26. The molecule has 0 radical (unpaired) electrons. The van der Waals surface area contributed by atoms with Gasteiger partial charge in [0.1, 0.15) is 22.4 Å². The van der Waals surface area contributed by atoms with Crippen LogP contribution in [0.1, 0.15) is 17.3 Å². The number of hydrogen-bond acceptors (Lipinski definition) is 8. The van der Waals surface area contributed by atoms with Crippen molar-refractivity contribution in [3.05, 3.63) is 40.8 Å². The molecule has 0 aliphatic carbocycles. The summed E-state index contributed by atoms with van der Waals surface area (Å²) in [5.74, 6) is -2.87. The molecule has 2 rings (SSSR count). The number of halogens is 1. The van der Waals surface area contributed by atoms with Crippen molar-refractivity contribution in [2.45, 2.75) is 11.8 Å². The van der Waals surface area contributed by atoms with Crippen molar-refractivity contribution in [2.24, 2.45) is 5.73 Å². The summed E-state index contributed by atoms with van der Waals surface area (Å²) in [7, 11) is -4.17. The fraction of sp³-hybridized carbons (Fsp3) is 0.353. The van der Waals surface area contributed by atoms with E-state index < -0.39 is 39.1 Å². The van der Waals surface area contributed by atoms with Gasteiger partial charge < -0.3 is 15.2 Å². The maximum atomic E-state index is 14.1. The number of carbonyl (C=O) groups excluding carboxylic acids is 2. The van der Waals surface area contributed by atoms with E-state index in [-0.39, 0.29) is 43.1 Å². The first-order valence-electron chi connectivity index (χ1n) is 8.12. The average molecular weight is 411 g/mol. The Labute approximate surface area is 161 Å². The molecule has 0 bridgehead atoms. The first-order chi connectivity index (χ1) is 13.2. The van der Waals surface area contributed by atoms with Crippen LogP contribution in [0.15, 0.2) is 34.4 Å². The van der Waals surface area contributed by atoms with Crippen molar-refractivity contribution in [1.29, 1.82) is 5.26 Å². The number of nitrogens with zero attached hydrogens (tertiary/aromatic N) is 2. The fourth-order valence-electron chi connectivity index (χ4n) is 2.41. The second-order valence-electron chi connectivity index (χ2n) is 5.83. The van der Waals surface area contributed by atoms with Crippen LogP contribution in [-0.4, -0.2) is 57.4 Å². The van der Waals surface area contributed by atoms with E-state index in [9.17, 15) is 22.4 Å². The fourth-order valence-corrected chi connectivity index (χ4v) is 3.91. The molecule has 0 atom stereocenters. The largest absolute Gasteiger partial charge is 0.454 e. The van der Waals surface area contributed by atoms with Gasteiger partial charge in [0.25, 0.3) is 0 Å². The van der Waals surface area contributed by atoms with Gasteiger partial charge in [0.2, 0.25) is 15.8 Å². The molecule has 0 aromatic heterocycles. The summed E-state index contributed by atoms with van der Waals surface area (Å²) in [5.41, 5.74) is 4.77. The number of allylic oxidation sites excluding steroid dienone is 1. The minimum atomic E-state index is -4.17. The van der Waals surface area contributed by atoms with E-state index >= 15 is 0 Å². The molecule has 1 saturated heterocycles. The number of ketones is 1. The Hall–Kier alpha value is -2.81. The second-order valence-corrected chi connectivity index (χ2v) is 7.74. The van der Waals surface area contributed by atoms with E-state index in [1.807, 2.05) is 0 Å². The van der Waals surface area contributed by atoms with Gasteiger partial charge in [-0.05, 0) is 25.1 Å². The van der Waals surface area contributed by atoms with Crippen molar-refractivity contribution >= 4 is 21.8 Å². The van der Waals surface area contributed by atoms with E-state index in [2.05, 4.69) is 0 Å². The summed E-state index contributed by atoms with van der Waals surface area (Å²) >= 11 is 0. The molecule has 1 aromatic carbocycles. The lowest BCUT2D eigenvalue weighted by molar-refractivity contribution is -0.118. The van der Waals surface area contributed by atoms with Crippen LogP contribution in [0, 0.1) is 17.1 Å². The van der Waals surface area contributed by atoms with Crippen LogP contribution >= 0.6 is 0 Å². The number of Topliss-reactive ketones (excluding diaryl/α,β-unsaturated/α-hetero) is 1. The third-order valence-electron chi connectivity index (χ3n) is 3.87. The van der Waals surface area contributed by atoms with E-state index in [1.165, 1.54) is 6.92 Å². The standard InChI is InChI=1S/C17H18FN3O6S/c1-11(20)13(9-19)15(22)10-27-17(23)12-2-3-14(18)16(8-12)28(24,25)21-4-6-26-7-5-21/h2-3,8H,4-7,10,20H2,1H3. The van der Waals surface area contributed by atoms with E-state index in [1.54, 1.807) is 6.07 Å². The van der Waals surface area contributed by atoms with Crippen molar-refractivity contribution in [3.8, 4) is 6.07 Å². The van der Waals surface area contributed by atoms with E-state index in [0.29, 0.717) is 0 Å². The first kappa shape index (κ1) is 21.5. The monoisotopic (exact) mass is 411 g/mol. The highest BCUT2D eigenvalue weighted by Gasteiger charge is 2.30. The predicted molar refractivity (Wildman–Crippen MR) is 93.8 cm³/mol. The van der Waals surface area contributed by atoms with Gasteiger partial charge in [-0.25, -0.2) is 17.6 Å². The summed E-state index contributed by atoms with van der Waals surface area (Å²) in [5, 5.41) is 8.86. The molecule has 150 valence electrons. The van der Waals surface area contributed by atoms with Crippen LogP contribution in [0.2, 0.25) is 0 Å². The Morgan fingerprint density at radius 3 is 2.57 bits per heavy atom. The molecule has 1 aliphatic rings. The smallest absolute Gasteiger partial charge is 0.338 e. The molecule has 0 saturated carbocycles. The van der Waals surface area contributed by atoms with Crippen molar-refractivity contribution in [3.63, 3.8) is 0 Å². The highest BCUT2D eigenvalue weighted by atomic mass is 32.2. The van der Waals surface area contributed by atoms with Crippen LogP contribution in [0.5, 0.6) is 0 Å². The Morgan fingerprint density at radius 2 is 2.00 bits per heavy atom. The van der Waals surface area contributed by atoms with Gasteiger partial charge in [0.15, 0.2) is 6.61 Å². The second kappa shape index (κ2) is 8.92. The molecule has 11 heteroatoms. The first-order valence-corrected chi connectivity index (χ1v) is 9.56. The van der Waals surface area contributed by atoms with Crippen LogP contribution < -0.4 is 5.73 Å². The third kappa shape index (κ3) is 4.72. The molecule has 2 N–H and O–H groups in total. The van der Waals surface area contributed by atoms with Gasteiger partial charge in [-0.3, -0.25) is 4.79 Å². The normalized spacial score (nSPS) is 16.0. The summed E-state index contributed by atoms with van der Waals surface area (Å²) in [4.78, 5) is 23.3. The molecule has 1 aliphatic heterocycles. The van der Waals surface area contributed by atoms with Crippen LogP contribution in [0.4, 0.5) is 4.39 Å². The number of benzene rings is 1. The minimum absolute atomic E-state index is 0.0239. The predicted octanol–water partition coefficient (Wildman–Crippen LogP) is 0.329. The molecule has 0 unspecified atom stereocenters. The molecule has 1 heterocycles. The van der Waals surface area contributed by atoms with Crippen LogP contribution in [0.3, 0.4) is 0 Å². The highest BCUT2D eigenvalue weighted by Crippen LogP contribution is 2.22. The quantitative estimate of drug-likeness (QED) is 0.401. The Morgan fingerprint density at radius 1 is 1.36 bits per heavy atom. The van der Waals surface area contributed by atoms with Gasteiger partial charge in [-0.1, -0.05) is 0 Å². The van der Waals surface area contributed by atoms with Gasteiger partial charge in [-0.2, -0.15) is 9.57 Å². The SMILES string of the molecule is CC(N)=C(C#N)C(=O)COC(=O)c1ccc(F)c(S(=O)(=O)N2CCOCC2)c1. The molecule has 28 heavy (non-hydrogen) atoms. The highest BCUT2D eigenvalue weighted by molar-refractivity contribution is 7.89. The average Bonchev–Trinajstić information content (AvgIpc) is 2.67. The number of carbonyl (C=O) groups is 2. The van der Waals surface area contributed by atoms with Crippen molar-refractivity contribution in [2.75, 3.05) is 32.9 Å². The van der Waals surface area contributed by atoms with Gasteiger partial charge >= 0.3 is 5.97 Å². The molecule has 0 spiro atoms. The van der Waals surface area contributed by atoms with E-state index in [0.717, 1.165) is 22.5 Å². The van der Waals surface area contributed by atoms with E-state index in [4.69, 9.17) is 20.5 Å². The Bertz CT molecular complexity index is 958. The number of nitrogens with two attached hydrogens (primary N) is 1. The topological polar surface area (TPSA) is 140 Å². The molecule has 9 nitrogen and oxygen atoms in total. The Kier molecular flexibility index (Phi) is 6.85. The summed E-state index contributed by atoms with van der Waals surface area (Å²) in [6.45, 7) is 1.07. The maximum absolute atomic E-state index is 14.1. The Balaban J connectivity index is 2.20. The van der Waals surface area contributed by atoms with Gasteiger partial charge in [0, 0.05) is 18.8 Å². The lowest BCUT2D eigenvalue weighted by Crippen LogP contribution is -2.41. The number of sulfonamides is 1. The number of morpholine rings is 1. The number of ether oxygens (including phenoxy) is 2. The van der Waals surface area contributed by atoms with Crippen LogP contribution in [0.25, 0.3) is 0 Å². The zero-order chi connectivity index (χ0) is 20.9. The van der Waals surface area contributed by atoms with Crippen LogP contribution in [-0.2, 0) is 24.3 Å². The summed E-state index contributed by atoms with van der Waals surface area (Å²) < 4.78 is 50.3. The minimum Gasteiger partial charge on any atom is -0.454 e. The number of esters is 1. The lowest BCUT2D eigenvalue weighted by atomic mass is 10.1. The third-order valence-corrected chi connectivity index (χ3v) is 5.79. The summed E-state index contributed by atoms with van der Waals surface area (Å²) in [6, 6.07) is 4.32. The zero-order valence-corrected chi connectivity index (χ0v) is 15.8. The van der Waals surface area contributed by atoms with Crippen molar-refractivity contribution < 1.29 is 31.9 Å². The number of hydrogen-bond donors (Lipinski definition) is 1. The zero-order valence-electron chi connectivity index (χ0n) is 15.0. The van der Waals surface area contributed by atoms with Gasteiger partial charge in [-0.15, -0.1) is 0 Å². The maximum Gasteiger partial charge on any atom is 0.338 e.